The monoisotopic (exact) mass is 409 g/mol. The molecule has 1 amide bonds. The first-order chi connectivity index (χ1) is 13.1. The van der Waals surface area contributed by atoms with Gasteiger partial charge in [0, 0.05) is 21.5 Å². The number of carbonyl (C=O) groups is 1. The number of benzene rings is 2. The van der Waals surface area contributed by atoms with Gasteiger partial charge in [0.25, 0.3) is 0 Å². The SMILES string of the molecule is COc1c2cc(C(N)=O)c(-c3cccc4c3C=C(C)C4)c1[Si](C)(C)O[Si]2(C)C. The van der Waals surface area contributed by atoms with Crippen LogP contribution in [0.15, 0.2) is 29.8 Å². The Morgan fingerprint density at radius 2 is 1.89 bits per heavy atom. The minimum Gasteiger partial charge on any atom is -0.497 e. The smallest absolute Gasteiger partial charge is 0.249 e. The van der Waals surface area contributed by atoms with Crippen LogP contribution in [-0.2, 0) is 10.5 Å². The van der Waals surface area contributed by atoms with Crippen LogP contribution in [0.1, 0.15) is 28.4 Å². The average Bonchev–Trinajstić information content (AvgIpc) is 2.97. The number of amides is 1. The topological polar surface area (TPSA) is 61.5 Å². The van der Waals surface area contributed by atoms with Crippen molar-refractivity contribution in [1.29, 1.82) is 0 Å². The van der Waals surface area contributed by atoms with Crippen molar-refractivity contribution in [1.82, 2.24) is 0 Å². The van der Waals surface area contributed by atoms with E-state index in [0.717, 1.165) is 33.7 Å². The Morgan fingerprint density at radius 1 is 1.18 bits per heavy atom. The van der Waals surface area contributed by atoms with Gasteiger partial charge in [0.15, 0.2) is 0 Å². The molecule has 2 N–H and O–H groups in total. The summed E-state index contributed by atoms with van der Waals surface area (Å²) >= 11 is 0. The van der Waals surface area contributed by atoms with Crippen LogP contribution >= 0.6 is 0 Å². The van der Waals surface area contributed by atoms with Gasteiger partial charge in [-0.25, -0.2) is 0 Å². The van der Waals surface area contributed by atoms with Gasteiger partial charge < -0.3 is 14.6 Å². The first-order valence-corrected chi connectivity index (χ1v) is 15.4. The first-order valence-electron chi connectivity index (χ1n) is 9.62. The van der Waals surface area contributed by atoms with Gasteiger partial charge in [-0.1, -0.05) is 29.8 Å². The number of nitrogens with two attached hydrogens (primary N) is 1. The van der Waals surface area contributed by atoms with Crippen molar-refractivity contribution in [3.05, 3.63) is 46.5 Å². The number of methoxy groups -OCH3 is 1. The molecule has 0 saturated carbocycles. The maximum Gasteiger partial charge on any atom is 0.249 e. The number of hydrogen-bond acceptors (Lipinski definition) is 3. The zero-order chi connectivity index (χ0) is 20.4. The van der Waals surface area contributed by atoms with Crippen LogP contribution in [-0.4, -0.2) is 29.7 Å². The van der Waals surface area contributed by atoms with Crippen LogP contribution in [0.3, 0.4) is 0 Å². The fraction of sp³-hybridized carbons (Fsp3) is 0.318. The van der Waals surface area contributed by atoms with Crippen molar-refractivity contribution in [3.8, 4) is 16.9 Å². The molecular weight excluding hydrogens is 382 g/mol. The number of carbonyl (C=O) groups excluding carboxylic acids is 1. The average molecular weight is 410 g/mol. The van der Waals surface area contributed by atoms with E-state index in [1.54, 1.807) is 7.11 Å². The summed E-state index contributed by atoms with van der Waals surface area (Å²) in [6, 6.07) is 8.24. The summed E-state index contributed by atoms with van der Waals surface area (Å²) in [7, 11) is -2.80. The molecule has 1 aliphatic carbocycles. The molecule has 146 valence electrons. The molecule has 28 heavy (non-hydrogen) atoms. The lowest BCUT2D eigenvalue weighted by atomic mass is 9.93. The largest absolute Gasteiger partial charge is 0.497 e. The lowest BCUT2D eigenvalue weighted by Crippen LogP contribution is -2.64. The minimum absolute atomic E-state index is 0.395. The van der Waals surface area contributed by atoms with E-state index >= 15 is 0 Å². The summed E-state index contributed by atoms with van der Waals surface area (Å²) in [5, 5.41) is 2.08. The maximum atomic E-state index is 12.6. The van der Waals surface area contributed by atoms with Crippen molar-refractivity contribution >= 4 is 39.0 Å². The molecule has 4 nitrogen and oxygen atoms in total. The van der Waals surface area contributed by atoms with Crippen molar-refractivity contribution in [2.24, 2.45) is 5.73 Å². The van der Waals surface area contributed by atoms with E-state index in [-0.39, 0.29) is 0 Å². The van der Waals surface area contributed by atoms with E-state index in [9.17, 15) is 4.79 Å². The fourth-order valence-electron chi connectivity index (χ4n) is 4.87. The Kier molecular flexibility index (Phi) is 4.23. The van der Waals surface area contributed by atoms with E-state index in [2.05, 4.69) is 57.4 Å². The zero-order valence-corrected chi connectivity index (χ0v) is 19.4. The molecule has 2 aromatic carbocycles. The zero-order valence-electron chi connectivity index (χ0n) is 17.4. The molecular formula is C22H27NO3Si2. The molecule has 2 aromatic rings. The van der Waals surface area contributed by atoms with Crippen LogP contribution in [0.25, 0.3) is 17.2 Å². The molecule has 1 aliphatic heterocycles. The number of allylic oxidation sites excluding steroid dienone is 1. The lowest BCUT2D eigenvalue weighted by Gasteiger charge is -2.43. The quantitative estimate of drug-likeness (QED) is 0.792. The maximum absolute atomic E-state index is 12.6. The molecule has 0 fully saturated rings. The summed E-state index contributed by atoms with van der Waals surface area (Å²) in [5.41, 5.74) is 12.2. The van der Waals surface area contributed by atoms with Gasteiger partial charge in [-0.3, -0.25) is 4.79 Å². The molecule has 4 rings (SSSR count). The highest BCUT2D eigenvalue weighted by atomic mass is 28.4. The second-order valence-electron chi connectivity index (χ2n) is 8.79. The van der Waals surface area contributed by atoms with Crippen molar-refractivity contribution in [2.45, 2.75) is 39.5 Å². The normalized spacial score (nSPS) is 18.4. The van der Waals surface area contributed by atoms with Crippen molar-refractivity contribution in [2.75, 3.05) is 7.11 Å². The van der Waals surface area contributed by atoms with Gasteiger partial charge in [0.05, 0.1) is 7.11 Å². The second kappa shape index (κ2) is 6.17. The molecule has 0 aromatic heterocycles. The highest BCUT2D eigenvalue weighted by molar-refractivity contribution is 7.01. The molecule has 0 radical (unpaired) electrons. The Morgan fingerprint density at radius 3 is 2.54 bits per heavy atom. The Bertz CT molecular complexity index is 1050. The Balaban J connectivity index is 2.17. The third kappa shape index (κ3) is 2.70. The van der Waals surface area contributed by atoms with Crippen LogP contribution in [0.2, 0.25) is 26.2 Å². The first kappa shape index (κ1) is 19.2. The van der Waals surface area contributed by atoms with E-state index in [1.807, 2.05) is 6.07 Å². The van der Waals surface area contributed by atoms with E-state index in [1.165, 1.54) is 16.7 Å². The minimum atomic E-state index is -2.32. The van der Waals surface area contributed by atoms with Gasteiger partial charge >= 0.3 is 0 Å². The van der Waals surface area contributed by atoms with Gasteiger partial charge in [-0.05, 0) is 62.3 Å². The highest BCUT2D eigenvalue weighted by Gasteiger charge is 2.48. The second-order valence-corrected chi connectivity index (χ2v) is 16.7. The van der Waals surface area contributed by atoms with E-state index in [4.69, 9.17) is 14.6 Å². The molecule has 2 bridgehead atoms. The van der Waals surface area contributed by atoms with Gasteiger partial charge in [0.1, 0.15) is 5.75 Å². The van der Waals surface area contributed by atoms with Gasteiger partial charge in [-0.2, -0.15) is 0 Å². The highest BCUT2D eigenvalue weighted by Crippen LogP contribution is 2.39. The van der Waals surface area contributed by atoms with E-state index < -0.39 is 22.5 Å². The third-order valence-corrected chi connectivity index (χ3v) is 13.3. The number of fused-ring (bicyclic) bond motifs is 3. The number of rotatable bonds is 3. The standard InChI is InChI=1S/C22H27NO3Si2/c1-13-10-14-8-7-9-15(16(14)11-13)19-17(22(23)24)12-18-20(25-2)21(19)28(5,6)26-27(18,3)4/h7-9,11-12H,10H2,1-6H3,(H2,23,24). The predicted octanol–water partition coefficient (Wildman–Crippen LogP) is 3.27. The summed E-state index contributed by atoms with van der Waals surface area (Å²) in [6.45, 7) is 10.9. The molecule has 6 heteroatoms. The van der Waals surface area contributed by atoms with Crippen molar-refractivity contribution in [3.63, 3.8) is 0 Å². The van der Waals surface area contributed by atoms with E-state index in [0.29, 0.717) is 5.56 Å². The molecule has 0 atom stereocenters. The van der Waals surface area contributed by atoms with Crippen LogP contribution in [0.5, 0.6) is 5.75 Å². The fourth-order valence-corrected chi connectivity index (χ4v) is 13.9. The van der Waals surface area contributed by atoms with Crippen LogP contribution in [0.4, 0.5) is 0 Å². The summed E-state index contributed by atoms with van der Waals surface area (Å²) < 4.78 is 12.7. The Labute approximate surface area is 168 Å². The molecule has 0 spiro atoms. The Hall–Kier alpha value is -2.16. The molecule has 0 saturated heterocycles. The predicted molar refractivity (Wildman–Crippen MR) is 120 cm³/mol. The van der Waals surface area contributed by atoms with Crippen LogP contribution in [0, 0.1) is 0 Å². The summed E-state index contributed by atoms with van der Waals surface area (Å²) in [4.78, 5) is 12.6. The molecule has 0 unspecified atom stereocenters. The lowest BCUT2D eigenvalue weighted by molar-refractivity contribution is 0.100. The van der Waals surface area contributed by atoms with Gasteiger partial charge in [-0.15, -0.1) is 0 Å². The number of ether oxygens (including phenoxy) is 1. The third-order valence-electron chi connectivity index (χ3n) is 5.84. The van der Waals surface area contributed by atoms with Crippen molar-refractivity contribution < 1.29 is 13.6 Å². The summed E-state index contributed by atoms with van der Waals surface area (Å²) in [5.74, 6) is 0.504. The number of primary amides is 1. The molecule has 2 aliphatic rings. The number of hydrogen-bond donors (Lipinski definition) is 1. The van der Waals surface area contributed by atoms with Gasteiger partial charge in [0.2, 0.25) is 22.5 Å². The molecule has 1 heterocycles. The van der Waals surface area contributed by atoms with Crippen LogP contribution < -0.4 is 20.8 Å². The summed E-state index contributed by atoms with van der Waals surface area (Å²) in [6.07, 6.45) is 3.16.